The van der Waals surface area contributed by atoms with Crippen LogP contribution in [0.5, 0.6) is 0 Å². The van der Waals surface area contributed by atoms with E-state index in [0.29, 0.717) is 37.7 Å². The van der Waals surface area contributed by atoms with Crippen molar-refractivity contribution in [3.63, 3.8) is 0 Å². The Kier molecular flexibility index (Phi) is 5.86. The van der Waals surface area contributed by atoms with Gasteiger partial charge in [0.25, 0.3) is 5.91 Å². The minimum absolute atomic E-state index is 0.0338. The molecule has 2 N–H and O–H groups in total. The number of aliphatic carboxylic acids is 1. The molecule has 2 aromatic carbocycles. The van der Waals surface area contributed by atoms with E-state index in [2.05, 4.69) is 43.2 Å². The number of carbonyl (C=O) groups excluding carboxylic acids is 1. The topological polar surface area (TPSA) is 79.3 Å². The lowest BCUT2D eigenvalue weighted by Crippen LogP contribution is -2.61. The monoisotopic (exact) mass is 500 g/mol. The van der Waals surface area contributed by atoms with Crippen LogP contribution in [0, 0.1) is 18.3 Å². The molecule has 1 aromatic heterocycles. The van der Waals surface area contributed by atoms with Crippen molar-refractivity contribution in [2.45, 2.75) is 71.1 Å². The first-order valence-corrected chi connectivity index (χ1v) is 16.5. The van der Waals surface area contributed by atoms with Gasteiger partial charge in [-0.25, -0.2) is 4.98 Å². The van der Waals surface area contributed by atoms with Crippen molar-refractivity contribution in [1.82, 2.24) is 10.3 Å². The van der Waals surface area contributed by atoms with Gasteiger partial charge in [-0.15, -0.1) is 0 Å². The average molecular weight is 501 g/mol. The summed E-state index contributed by atoms with van der Waals surface area (Å²) in [5, 5.41) is 15.6. The number of aromatic nitrogens is 1. The summed E-state index contributed by atoms with van der Waals surface area (Å²) in [4.78, 5) is 31.2. The molecule has 3 aliphatic carbocycles. The van der Waals surface area contributed by atoms with Gasteiger partial charge in [0.2, 0.25) is 0 Å². The number of hydrogen-bond acceptors (Lipinski definition) is 3. The van der Waals surface area contributed by atoms with E-state index >= 15 is 0 Å². The molecule has 1 heterocycles. The predicted octanol–water partition coefficient (Wildman–Crippen LogP) is 5.91. The second kappa shape index (κ2) is 8.55. The van der Waals surface area contributed by atoms with Gasteiger partial charge in [0.15, 0.2) is 0 Å². The van der Waals surface area contributed by atoms with Crippen molar-refractivity contribution in [1.29, 1.82) is 0 Å². The second-order valence-corrected chi connectivity index (χ2v) is 17.2. The van der Waals surface area contributed by atoms with Crippen LogP contribution in [0.25, 0.3) is 22.2 Å². The first-order valence-electron chi connectivity index (χ1n) is 13.0. The molecule has 2 bridgehead atoms. The number of carboxylic acid groups (broad SMARTS) is 1. The van der Waals surface area contributed by atoms with E-state index in [1.807, 2.05) is 44.2 Å². The molecule has 3 aliphatic rings. The van der Waals surface area contributed by atoms with E-state index in [1.54, 1.807) is 0 Å². The van der Waals surface area contributed by atoms with Gasteiger partial charge < -0.3 is 10.4 Å². The van der Waals surface area contributed by atoms with Crippen molar-refractivity contribution < 1.29 is 14.7 Å². The molecule has 3 saturated carbocycles. The lowest BCUT2D eigenvalue weighted by Gasteiger charge is -2.55. The minimum Gasteiger partial charge on any atom is -0.481 e. The molecule has 3 aromatic rings. The third kappa shape index (κ3) is 3.96. The maximum atomic E-state index is 14.2. The van der Waals surface area contributed by atoms with Gasteiger partial charge in [-0.1, -0.05) is 74.2 Å². The fourth-order valence-corrected chi connectivity index (χ4v) is 7.71. The lowest BCUT2D eigenvalue weighted by molar-refractivity contribution is -0.162. The zero-order chi connectivity index (χ0) is 25.9. The van der Waals surface area contributed by atoms with Gasteiger partial charge in [0.1, 0.15) is 0 Å². The summed E-state index contributed by atoms with van der Waals surface area (Å²) in [6.07, 6.45) is 3.37. The number of rotatable bonds is 5. The SMILES string of the molecule is Cc1c(-c2ccccc2)nc2ccc([Si](C)(C)C)cc2c1C(=O)NC12CCC(C(=O)O)(CC1)C(C)C2. The number of amides is 1. The van der Waals surface area contributed by atoms with E-state index in [1.165, 1.54) is 5.19 Å². The Morgan fingerprint density at radius 1 is 1.03 bits per heavy atom. The van der Waals surface area contributed by atoms with E-state index in [-0.39, 0.29) is 17.4 Å². The van der Waals surface area contributed by atoms with Crippen molar-refractivity contribution in [2.75, 3.05) is 0 Å². The lowest BCUT2D eigenvalue weighted by atomic mass is 9.52. The number of carbonyl (C=O) groups is 2. The normalized spacial score (nSPS) is 25.6. The largest absolute Gasteiger partial charge is 0.481 e. The molecule has 1 amide bonds. The summed E-state index contributed by atoms with van der Waals surface area (Å²) in [6.45, 7) is 11.0. The van der Waals surface area contributed by atoms with Gasteiger partial charge in [-0.05, 0) is 56.6 Å². The van der Waals surface area contributed by atoms with E-state index in [9.17, 15) is 14.7 Å². The van der Waals surface area contributed by atoms with Crippen molar-refractivity contribution in [3.05, 3.63) is 59.7 Å². The molecule has 36 heavy (non-hydrogen) atoms. The van der Waals surface area contributed by atoms with Crippen LogP contribution in [-0.2, 0) is 4.79 Å². The van der Waals surface area contributed by atoms with E-state index < -0.39 is 19.5 Å². The van der Waals surface area contributed by atoms with Crippen molar-refractivity contribution in [3.8, 4) is 11.3 Å². The van der Waals surface area contributed by atoms with Gasteiger partial charge in [0, 0.05) is 16.5 Å². The van der Waals surface area contributed by atoms with Gasteiger partial charge >= 0.3 is 5.97 Å². The van der Waals surface area contributed by atoms with Crippen molar-refractivity contribution in [2.24, 2.45) is 11.3 Å². The van der Waals surface area contributed by atoms with Crippen LogP contribution in [-0.4, -0.2) is 35.6 Å². The summed E-state index contributed by atoms with van der Waals surface area (Å²) in [5.74, 6) is -0.717. The van der Waals surface area contributed by atoms with Crippen LogP contribution >= 0.6 is 0 Å². The zero-order valence-electron chi connectivity index (χ0n) is 21.9. The van der Waals surface area contributed by atoms with Crippen molar-refractivity contribution >= 4 is 36.0 Å². The quantitative estimate of drug-likeness (QED) is 0.427. The molecule has 0 radical (unpaired) electrons. The Labute approximate surface area is 214 Å². The van der Waals surface area contributed by atoms with Crippen LogP contribution in [0.2, 0.25) is 19.6 Å². The van der Waals surface area contributed by atoms with Gasteiger partial charge in [-0.2, -0.15) is 0 Å². The Hall–Kier alpha value is -2.99. The van der Waals surface area contributed by atoms with E-state index in [0.717, 1.165) is 27.7 Å². The number of fused-ring (bicyclic) bond motifs is 4. The van der Waals surface area contributed by atoms with Crippen LogP contribution < -0.4 is 10.5 Å². The number of hydrogen-bond donors (Lipinski definition) is 2. The van der Waals surface area contributed by atoms with Gasteiger partial charge in [0.05, 0.1) is 30.3 Å². The highest BCUT2D eigenvalue weighted by molar-refractivity contribution is 6.88. The van der Waals surface area contributed by atoms with Crippen LogP contribution in [0.15, 0.2) is 48.5 Å². The summed E-state index contributed by atoms with van der Waals surface area (Å²) in [5.41, 5.74) is 3.24. The standard InChI is InChI=1S/C30H36N2O3Si/c1-19-18-29(13-15-30(19,16-14-29)28(34)35)32-27(33)25-20(2)26(21-9-7-6-8-10-21)31-24-12-11-22(17-23(24)25)36(3,4)5/h6-12,17,19H,13-16,18H2,1-5H3,(H,32,33)(H,34,35). The summed E-state index contributed by atoms with van der Waals surface area (Å²) >= 11 is 0. The number of carboxylic acids is 1. The number of pyridine rings is 1. The summed E-state index contributed by atoms with van der Waals surface area (Å²) in [7, 11) is -1.60. The number of benzene rings is 2. The molecule has 6 heteroatoms. The molecule has 0 saturated heterocycles. The molecule has 0 spiro atoms. The zero-order valence-corrected chi connectivity index (χ0v) is 22.9. The Morgan fingerprint density at radius 2 is 1.69 bits per heavy atom. The highest BCUT2D eigenvalue weighted by Gasteiger charge is 2.57. The van der Waals surface area contributed by atoms with Gasteiger partial charge in [-0.3, -0.25) is 9.59 Å². The maximum absolute atomic E-state index is 14.2. The molecular formula is C30H36N2O3Si. The summed E-state index contributed by atoms with van der Waals surface area (Å²) in [6, 6.07) is 16.5. The fraction of sp³-hybridized carbons (Fsp3) is 0.433. The Bertz CT molecular complexity index is 1350. The minimum atomic E-state index is -1.60. The van der Waals surface area contributed by atoms with Crippen LogP contribution in [0.4, 0.5) is 0 Å². The second-order valence-electron chi connectivity index (χ2n) is 12.1. The first-order chi connectivity index (χ1) is 17.0. The summed E-state index contributed by atoms with van der Waals surface area (Å²) < 4.78 is 0. The molecule has 188 valence electrons. The smallest absolute Gasteiger partial charge is 0.309 e. The molecule has 1 unspecified atom stereocenters. The molecule has 1 atom stereocenters. The first kappa shape index (κ1) is 24.7. The molecule has 0 aliphatic heterocycles. The van der Waals surface area contributed by atoms with Crippen LogP contribution in [0.3, 0.4) is 0 Å². The van der Waals surface area contributed by atoms with E-state index in [4.69, 9.17) is 4.98 Å². The van der Waals surface area contributed by atoms with Crippen LogP contribution in [0.1, 0.15) is 54.9 Å². The average Bonchev–Trinajstić information content (AvgIpc) is 2.83. The molecule has 5 nitrogen and oxygen atoms in total. The fourth-order valence-electron chi connectivity index (χ4n) is 6.55. The highest BCUT2D eigenvalue weighted by atomic mass is 28.3. The molecule has 3 fully saturated rings. The third-order valence-corrected chi connectivity index (χ3v) is 11.0. The number of nitrogens with zero attached hydrogens (tertiary/aromatic N) is 1. The maximum Gasteiger partial charge on any atom is 0.309 e. The third-order valence-electron chi connectivity index (χ3n) is 8.91. The highest BCUT2D eigenvalue weighted by Crippen LogP contribution is 2.55. The molecule has 6 rings (SSSR count). The Balaban J connectivity index is 1.61. The molecular weight excluding hydrogens is 464 g/mol. The number of nitrogens with one attached hydrogen (secondary N) is 1. The predicted molar refractivity (Wildman–Crippen MR) is 147 cm³/mol. The Morgan fingerprint density at radius 3 is 2.28 bits per heavy atom.